The quantitative estimate of drug-likeness (QED) is 0.678. The molecular formula is C21H27ClN2O3. The number of nitrogens with zero attached hydrogens (tertiary/aromatic N) is 2. The number of nitriles is 1. The van der Waals surface area contributed by atoms with Gasteiger partial charge in [-0.25, -0.2) is 0 Å². The number of likely N-dealkylation sites (N-methyl/N-ethyl adjacent to an activating group) is 1. The van der Waals surface area contributed by atoms with Gasteiger partial charge in [-0.15, -0.1) is 0 Å². The van der Waals surface area contributed by atoms with Crippen molar-refractivity contribution in [1.29, 1.82) is 5.26 Å². The highest BCUT2D eigenvalue weighted by Crippen LogP contribution is 2.32. The summed E-state index contributed by atoms with van der Waals surface area (Å²) >= 11 is 5.92. The van der Waals surface area contributed by atoms with E-state index in [0.717, 1.165) is 24.8 Å². The zero-order chi connectivity index (χ0) is 20.0. The third-order valence-electron chi connectivity index (χ3n) is 5.39. The fourth-order valence-electron chi connectivity index (χ4n) is 3.68. The highest BCUT2D eigenvalue weighted by Gasteiger charge is 2.39. The molecule has 0 aromatic heterocycles. The van der Waals surface area contributed by atoms with Gasteiger partial charge in [0.2, 0.25) is 0 Å². The second kappa shape index (κ2) is 9.23. The number of hydrogen-bond donors (Lipinski definition) is 0. The molecule has 5 nitrogen and oxygen atoms in total. The Hall–Kier alpha value is -2.06. The number of rotatable bonds is 6. The molecule has 0 bridgehead atoms. The van der Waals surface area contributed by atoms with Gasteiger partial charge in [-0.3, -0.25) is 9.59 Å². The number of carbonyl (C=O) groups is 2. The number of carbonyl (C=O) groups excluding carboxylic acids is 2. The van der Waals surface area contributed by atoms with Crippen LogP contribution in [0, 0.1) is 17.2 Å². The summed E-state index contributed by atoms with van der Waals surface area (Å²) in [7, 11) is 1.63. The van der Waals surface area contributed by atoms with Gasteiger partial charge in [-0.05, 0) is 36.5 Å². The van der Waals surface area contributed by atoms with E-state index in [1.165, 1.54) is 4.90 Å². The summed E-state index contributed by atoms with van der Waals surface area (Å²) < 4.78 is 5.34. The second-order valence-corrected chi connectivity index (χ2v) is 7.97. The summed E-state index contributed by atoms with van der Waals surface area (Å²) in [6, 6.07) is 9.38. The summed E-state index contributed by atoms with van der Waals surface area (Å²) in [5, 5.41) is 10.2. The van der Waals surface area contributed by atoms with Crippen LogP contribution in [0.15, 0.2) is 24.3 Å². The van der Waals surface area contributed by atoms with E-state index in [2.05, 4.69) is 6.07 Å². The summed E-state index contributed by atoms with van der Waals surface area (Å²) in [4.78, 5) is 26.7. The highest BCUT2D eigenvalue weighted by molar-refractivity contribution is 6.30. The SMILES string of the molecule is CC(C)C(C(=O)OCC(=O)N(C)C1(C#N)CCCCC1)c1ccc(Cl)cc1. The first-order valence-electron chi connectivity index (χ1n) is 9.41. The summed E-state index contributed by atoms with van der Waals surface area (Å²) in [6.45, 7) is 3.51. The van der Waals surface area contributed by atoms with Crippen molar-refractivity contribution in [2.45, 2.75) is 57.4 Å². The predicted octanol–water partition coefficient (Wildman–Crippen LogP) is 4.31. The molecule has 1 aromatic rings. The van der Waals surface area contributed by atoms with Gasteiger partial charge in [-0.1, -0.05) is 56.8 Å². The minimum absolute atomic E-state index is 0.00954. The van der Waals surface area contributed by atoms with Crippen LogP contribution in [0.25, 0.3) is 0 Å². The van der Waals surface area contributed by atoms with Crippen molar-refractivity contribution in [3.63, 3.8) is 0 Å². The molecule has 1 aromatic carbocycles. The van der Waals surface area contributed by atoms with Gasteiger partial charge in [0, 0.05) is 12.1 Å². The van der Waals surface area contributed by atoms with Crippen molar-refractivity contribution in [3.8, 4) is 6.07 Å². The van der Waals surface area contributed by atoms with Gasteiger partial charge in [0.1, 0.15) is 5.54 Å². The van der Waals surface area contributed by atoms with Crippen molar-refractivity contribution >= 4 is 23.5 Å². The van der Waals surface area contributed by atoms with E-state index in [-0.39, 0.29) is 18.4 Å². The maximum atomic E-state index is 12.6. The van der Waals surface area contributed by atoms with Crippen LogP contribution < -0.4 is 0 Å². The molecule has 0 spiro atoms. The number of halogens is 1. The molecule has 0 aliphatic heterocycles. The van der Waals surface area contributed by atoms with Crippen LogP contribution in [0.4, 0.5) is 0 Å². The molecule has 1 saturated carbocycles. The molecule has 0 saturated heterocycles. The number of benzene rings is 1. The Morgan fingerprint density at radius 2 is 1.81 bits per heavy atom. The maximum Gasteiger partial charge on any atom is 0.314 e. The zero-order valence-electron chi connectivity index (χ0n) is 16.2. The van der Waals surface area contributed by atoms with Crippen LogP contribution in [0.1, 0.15) is 57.4 Å². The second-order valence-electron chi connectivity index (χ2n) is 7.54. The molecule has 1 unspecified atom stereocenters. The highest BCUT2D eigenvalue weighted by atomic mass is 35.5. The third kappa shape index (κ3) is 5.01. The number of esters is 1. The zero-order valence-corrected chi connectivity index (χ0v) is 17.0. The summed E-state index contributed by atoms with van der Waals surface area (Å²) in [5.74, 6) is -1.25. The van der Waals surface area contributed by atoms with Crippen LogP contribution in [0.5, 0.6) is 0 Å². The average molecular weight is 391 g/mol. The Balaban J connectivity index is 2.03. The molecule has 0 heterocycles. The minimum Gasteiger partial charge on any atom is -0.455 e. The van der Waals surface area contributed by atoms with Gasteiger partial charge in [0.25, 0.3) is 5.91 Å². The largest absolute Gasteiger partial charge is 0.455 e. The molecule has 1 aliphatic carbocycles. The molecule has 2 rings (SSSR count). The lowest BCUT2D eigenvalue weighted by Gasteiger charge is -2.38. The van der Waals surface area contributed by atoms with Crippen LogP contribution in [-0.4, -0.2) is 36.0 Å². The van der Waals surface area contributed by atoms with E-state index < -0.39 is 17.4 Å². The molecule has 146 valence electrons. The average Bonchev–Trinajstić information content (AvgIpc) is 2.67. The summed E-state index contributed by atoms with van der Waals surface area (Å²) in [5.41, 5.74) is 0.0241. The Labute approximate surface area is 166 Å². The van der Waals surface area contributed by atoms with Crippen LogP contribution in [0.3, 0.4) is 0 Å². The normalized spacial score (nSPS) is 17.0. The first-order chi connectivity index (χ1) is 12.8. The molecule has 0 N–H and O–H groups in total. The first kappa shape index (κ1) is 21.2. The Morgan fingerprint density at radius 3 is 2.33 bits per heavy atom. The van der Waals surface area contributed by atoms with E-state index in [1.807, 2.05) is 13.8 Å². The van der Waals surface area contributed by atoms with Crippen molar-refractivity contribution in [2.75, 3.05) is 13.7 Å². The van der Waals surface area contributed by atoms with Gasteiger partial charge >= 0.3 is 5.97 Å². The molecule has 1 aliphatic rings. The van der Waals surface area contributed by atoms with Crippen molar-refractivity contribution in [2.24, 2.45) is 5.92 Å². The van der Waals surface area contributed by atoms with Crippen LogP contribution in [-0.2, 0) is 14.3 Å². The number of hydrogen-bond acceptors (Lipinski definition) is 4. The fourth-order valence-corrected chi connectivity index (χ4v) is 3.81. The number of amides is 1. The maximum absolute atomic E-state index is 12.6. The molecular weight excluding hydrogens is 364 g/mol. The first-order valence-corrected chi connectivity index (χ1v) is 9.78. The lowest BCUT2D eigenvalue weighted by Crippen LogP contribution is -2.51. The van der Waals surface area contributed by atoms with Crippen LogP contribution in [0.2, 0.25) is 5.02 Å². The van der Waals surface area contributed by atoms with Crippen molar-refractivity contribution < 1.29 is 14.3 Å². The lowest BCUT2D eigenvalue weighted by molar-refractivity contribution is -0.155. The molecule has 27 heavy (non-hydrogen) atoms. The fraction of sp³-hybridized carbons (Fsp3) is 0.571. The van der Waals surface area contributed by atoms with E-state index in [0.29, 0.717) is 17.9 Å². The van der Waals surface area contributed by atoms with E-state index in [1.54, 1.807) is 31.3 Å². The standard InChI is InChI=1S/C21H27ClN2O3/c1-15(2)19(16-7-9-17(22)10-8-16)20(26)27-13-18(25)24(3)21(14-23)11-5-4-6-12-21/h7-10,15,19H,4-6,11-13H2,1-3H3. The van der Waals surface area contributed by atoms with Gasteiger partial charge in [-0.2, -0.15) is 5.26 Å². The third-order valence-corrected chi connectivity index (χ3v) is 5.64. The monoisotopic (exact) mass is 390 g/mol. The predicted molar refractivity (Wildman–Crippen MR) is 104 cm³/mol. The molecule has 1 amide bonds. The van der Waals surface area contributed by atoms with Crippen LogP contribution >= 0.6 is 11.6 Å². The van der Waals surface area contributed by atoms with Crippen molar-refractivity contribution in [1.82, 2.24) is 4.90 Å². The molecule has 6 heteroatoms. The topological polar surface area (TPSA) is 70.4 Å². The van der Waals surface area contributed by atoms with Gasteiger partial charge in [0.15, 0.2) is 6.61 Å². The smallest absolute Gasteiger partial charge is 0.314 e. The Morgan fingerprint density at radius 1 is 1.22 bits per heavy atom. The molecule has 1 atom stereocenters. The molecule has 0 radical (unpaired) electrons. The summed E-state index contributed by atoms with van der Waals surface area (Å²) in [6.07, 6.45) is 4.27. The van der Waals surface area contributed by atoms with Crippen molar-refractivity contribution in [3.05, 3.63) is 34.9 Å². The van der Waals surface area contributed by atoms with Gasteiger partial charge in [0.05, 0.1) is 12.0 Å². The number of ether oxygens (including phenoxy) is 1. The van der Waals surface area contributed by atoms with E-state index in [9.17, 15) is 14.9 Å². The Kier molecular flexibility index (Phi) is 7.26. The molecule has 1 fully saturated rings. The minimum atomic E-state index is -0.782. The van der Waals surface area contributed by atoms with Gasteiger partial charge < -0.3 is 9.64 Å². The van der Waals surface area contributed by atoms with E-state index >= 15 is 0 Å². The lowest BCUT2D eigenvalue weighted by atomic mass is 9.81. The Bertz CT molecular complexity index is 703. The van der Waals surface area contributed by atoms with E-state index in [4.69, 9.17) is 16.3 Å².